The van der Waals surface area contributed by atoms with Crippen molar-refractivity contribution in [3.8, 4) is 0 Å². The highest BCUT2D eigenvalue weighted by Crippen LogP contribution is 2.76. The van der Waals surface area contributed by atoms with Crippen molar-refractivity contribution < 1.29 is 18.6 Å². The van der Waals surface area contributed by atoms with E-state index in [1.807, 2.05) is 6.08 Å². The van der Waals surface area contributed by atoms with Crippen LogP contribution in [0.4, 0.5) is 0 Å². The Labute approximate surface area is 293 Å². The third-order valence-corrected chi connectivity index (χ3v) is 17.6. The van der Waals surface area contributed by atoms with Crippen LogP contribution in [0.3, 0.4) is 0 Å². The zero-order chi connectivity index (χ0) is 34.8. The van der Waals surface area contributed by atoms with E-state index in [1.54, 1.807) is 6.08 Å². The molecule has 0 aromatic carbocycles. The maximum absolute atomic E-state index is 11.6. The van der Waals surface area contributed by atoms with Crippen LogP contribution in [0.25, 0.3) is 0 Å². The van der Waals surface area contributed by atoms with Crippen LogP contribution in [0, 0.1) is 51.2 Å². The molecule has 0 radical (unpaired) electrons. The molecule has 1 aliphatic heterocycles. The number of hydrogen-bond acceptors (Lipinski definition) is 6. The van der Waals surface area contributed by atoms with E-state index in [-0.39, 0.29) is 22.3 Å². The minimum Gasteiger partial charge on any atom is -0.466 e. The molecule has 6 nitrogen and oxygen atoms in total. The first kappa shape index (κ1) is 36.4. The molecule has 4 saturated carbocycles. The van der Waals surface area contributed by atoms with Gasteiger partial charge in [0.15, 0.2) is 0 Å². The lowest BCUT2D eigenvalue weighted by Gasteiger charge is -2.72. The number of carbonyl (C=O) groups is 1. The molecular formula is C41H66N2O4S. The van der Waals surface area contributed by atoms with E-state index in [0.29, 0.717) is 51.9 Å². The molecule has 6 rings (SSSR count). The Morgan fingerprint density at radius 1 is 1.00 bits per heavy atom. The van der Waals surface area contributed by atoms with Crippen LogP contribution in [0.5, 0.6) is 0 Å². The van der Waals surface area contributed by atoms with E-state index in [4.69, 9.17) is 4.74 Å². The first-order chi connectivity index (χ1) is 22.5. The fraction of sp³-hybridized carbons (Fsp3) is 0.780. The highest BCUT2D eigenvalue weighted by molar-refractivity contribution is 8.24. The number of ether oxygens (including phenoxy) is 1. The van der Waals surface area contributed by atoms with Crippen LogP contribution in [0.1, 0.15) is 99.3 Å². The number of carbonyl (C=O) groups excluding carboxylic acids is 1. The molecular weight excluding hydrogens is 617 g/mol. The topological polar surface area (TPSA) is 82.0 Å². The Morgan fingerprint density at radius 3 is 2.42 bits per heavy atom. The molecule has 0 unspecified atom stereocenters. The SMILES string of the molecule is C=C(C)[C@@H]1CC[C@]2(NCCN3CCS(O)(O)CC3)CC[C@]3(C)[C@H](CC[C@@H]4[C@@]5(C)CC=C(/C=C/C=C/C(=O)OC)C(C)(C)[C@@H]5CC[C@]43C)[C@@H]12. The Kier molecular flexibility index (Phi) is 9.85. The maximum atomic E-state index is 11.6. The summed E-state index contributed by atoms with van der Waals surface area (Å²) in [5.41, 5.74) is 3.96. The van der Waals surface area contributed by atoms with Crippen LogP contribution in [0.15, 0.2) is 48.1 Å². The standard InChI is InChI=1S/C41H66N2O4S/c1-29(2)31-16-20-41(42-23-24-43-25-27-48(45,46)28-26-43)22-21-39(6)32(36(31)41)13-14-34-38(5)18-15-30(11-9-10-12-35(44)47-8)37(3,4)33(38)17-19-40(34,39)7/h9-12,15,31-34,36,42,45-46H,1,13-14,16-28H2,2-8H3/b11-9+,12-10+/t31-,32+,33-,34+,36+,38-,39+,40+,41-/m0/s1. The average Bonchev–Trinajstić information content (AvgIpc) is 3.41. The quantitative estimate of drug-likeness (QED) is 0.103. The minimum atomic E-state index is -2.35. The van der Waals surface area contributed by atoms with Crippen molar-refractivity contribution >= 4 is 16.6 Å². The lowest BCUT2D eigenvalue weighted by atomic mass is 9.33. The number of allylic oxidation sites excluding steroid dienone is 6. The number of nitrogens with zero attached hydrogens (tertiary/aromatic N) is 1. The molecule has 0 amide bonds. The molecule has 48 heavy (non-hydrogen) atoms. The second-order valence-corrected chi connectivity index (χ2v) is 20.6. The molecule has 9 atom stereocenters. The Balaban J connectivity index is 1.23. The van der Waals surface area contributed by atoms with Gasteiger partial charge in [-0.05, 0) is 122 Å². The Bertz CT molecular complexity index is 1340. The number of esters is 1. The molecule has 0 spiro atoms. The summed E-state index contributed by atoms with van der Waals surface area (Å²) in [5.74, 6) is 4.02. The van der Waals surface area contributed by atoms with E-state index in [0.717, 1.165) is 32.6 Å². The van der Waals surface area contributed by atoms with Gasteiger partial charge in [-0.2, -0.15) is 10.6 Å². The van der Waals surface area contributed by atoms with Gasteiger partial charge in [0.1, 0.15) is 0 Å². The van der Waals surface area contributed by atoms with Crippen molar-refractivity contribution in [2.24, 2.45) is 51.2 Å². The zero-order valence-electron chi connectivity index (χ0n) is 31.2. The zero-order valence-corrected chi connectivity index (χ0v) is 32.0. The van der Waals surface area contributed by atoms with Gasteiger partial charge in [0.25, 0.3) is 0 Å². The monoisotopic (exact) mass is 682 g/mol. The van der Waals surface area contributed by atoms with Gasteiger partial charge in [0.05, 0.1) is 18.6 Å². The van der Waals surface area contributed by atoms with Crippen molar-refractivity contribution in [3.63, 3.8) is 0 Å². The number of nitrogens with one attached hydrogen (secondary N) is 1. The number of methoxy groups -OCH3 is 1. The predicted octanol–water partition coefficient (Wildman–Crippen LogP) is 8.87. The van der Waals surface area contributed by atoms with E-state index >= 15 is 0 Å². The van der Waals surface area contributed by atoms with Gasteiger partial charge >= 0.3 is 5.97 Å². The first-order valence-electron chi connectivity index (χ1n) is 19.0. The molecule has 5 fully saturated rings. The summed E-state index contributed by atoms with van der Waals surface area (Å²) in [6.45, 7) is 23.5. The number of fused-ring (bicyclic) bond motifs is 7. The van der Waals surface area contributed by atoms with Crippen LogP contribution in [0.2, 0.25) is 0 Å². The summed E-state index contributed by atoms with van der Waals surface area (Å²) in [4.78, 5) is 14.0. The molecule has 270 valence electrons. The molecule has 1 heterocycles. The van der Waals surface area contributed by atoms with Crippen molar-refractivity contribution in [3.05, 3.63) is 48.1 Å². The van der Waals surface area contributed by atoms with Crippen molar-refractivity contribution in [1.82, 2.24) is 10.2 Å². The second kappa shape index (κ2) is 13.0. The number of rotatable bonds is 8. The van der Waals surface area contributed by atoms with Gasteiger partial charge in [-0.25, -0.2) is 4.79 Å². The third kappa shape index (κ3) is 5.93. The smallest absolute Gasteiger partial charge is 0.330 e. The predicted molar refractivity (Wildman–Crippen MR) is 200 cm³/mol. The average molecular weight is 683 g/mol. The van der Waals surface area contributed by atoms with Crippen LogP contribution in [-0.2, 0) is 9.53 Å². The van der Waals surface area contributed by atoms with Gasteiger partial charge in [-0.1, -0.05) is 71.1 Å². The van der Waals surface area contributed by atoms with Crippen molar-refractivity contribution in [2.45, 2.75) is 105 Å². The van der Waals surface area contributed by atoms with Gasteiger partial charge in [-0.3, -0.25) is 14.0 Å². The van der Waals surface area contributed by atoms with E-state index in [2.05, 4.69) is 70.5 Å². The molecule has 0 aromatic rings. The largest absolute Gasteiger partial charge is 0.466 e. The molecule has 3 N–H and O–H groups in total. The number of hydrogen-bond donors (Lipinski definition) is 3. The van der Waals surface area contributed by atoms with Crippen molar-refractivity contribution in [1.29, 1.82) is 0 Å². The van der Waals surface area contributed by atoms with Crippen LogP contribution < -0.4 is 5.32 Å². The van der Waals surface area contributed by atoms with Gasteiger partial charge in [0.2, 0.25) is 0 Å². The summed E-state index contributed by atoms with van der Waals surface area (Å²) < 4.78 is 25.0. The summed E-state index contributed by atoms with van der Waals surface area (Å²) in [6, 6.07) is 0. The molecule has 5 aliphatic carbocycles. The lowest BCUT2D eigenvalue weighted by Crippen LogP contribution is -2.68. The van der Waals surface area contributed by atoms with Gasteiger partial charge < -0.3 is 10.1 Å². The Morgan fingerprint density at radius 2 is 1.73 bits per heavy atom. The third-order valence-electron chi connectivity index (χ3n) is 15.9. The normalized spacial score (nSPS) is 44.3. The molecule has 7 heteroatoms. The summed E-state index contributed by atoms with van der Waals surface area (Å²) in [7, 11) is -0.935. The maximum Gasteiger partial charge on any atom is 0.330 e. The van der Waals surface area contributed by atoms with Gasteiger partial charge in [0, 0.05) is 37.8 Å². The van der Waals surface area contributed by atoms with E-state index < -0.39 is 10.6 Å². The lowest BCUT2D eigenvalue weighted by molar-refractivity contribution is -0.221. The molecule has 0 bridgehead atoms. The van der Waals surface area contributed by atoms with E-state index in [1.165, 1.54) is 75.7 Å². The second-order valence-electron chi connectivity index (χ2n) is 18.1. The molecule has 0 aromatic heterocycles. The van der Waals surface area contributed by atoms with Crippen LogP contribution >= 0.6 is 10.6 Å². The van der Waals surface area contributed by atoms with E-state index in [9.17, 15) is 13.9 Å². The fourth-order valence-electron chi connectivity index (χ4n) is 13.2. The fourth-order valence-corrected chi connectivity index (χ4v) is 14.5. The minimum absolute atomic E-state index is 0.0787. The highest BCUT2D eigenvalue weighted by atomic mass is 32.3. The molecule has 1 saturated heterocycles. The summed E-state index contributed by atoms with van der Waals surface area (Å²) >= 11 is 0. The summed E-state index contributed by atoms with van der Waals surface area (Å²) in [5, 5.41) is 4.24. The first-order valence-corrected chi connectivity index (χ1v) is 20.9. The Hall–Kier alpha value is -1.38. The molecule has 6 aliphatic rings. The van der Waals surface area contributed by atoms with Crippen LogP contribution in [-0.4, -0.2) is 70.3 Å². The highest BCUT2D eigenvalue weighted by Gasteiger charge is 2.70. The van der Waals surface area contributed by atoms with Crippen molar-refractivity contribution in [2.75, 3.05) is 44.8 Å². The van der Waals surface area contributed by atoms with Gasteiger partial charge in [-0.15, -0.1) is 0 Å². The summed E-state index contributed by atoms with van der Waals surface area (Å²) in [6.07, 6.45) is 21.5.